The van der Waals surface area contributed by atoms with Gasteiger partial charge in [-0.05, 0) is 32.7 Å². The van der Waals surface area contributed by atoms with E-state index in [0.717, 1.165) is 25.3 Å². The van der Waals surface area contributed by atoms with E-state index in [0.29, 0.717) is 6.04 Å². The van der Waals surface area contributed by atoms with Crippen LogP contribution in [0.2, 0.25) is 0 Å². The molecule has 0 aromatic carbocycles. The number of fused-ring (bicyclic) bond motifs is 1. The Morgan fingerprint density at radius 2 is 2.00 bits per heavy atom. The molecule has 0 amide bonds. The molecule has 3 heteroatoms. The van der Waals surface area contributed by atoms with Crippen LogP contribution in [0.4, 0.5) is 0 Å². The highest BCUT2D eigenvalue weighted by Gasteiger charge is 2.37. The SMILES string of the molecule is CC1CN2CCCCC2CN1C1CCOC1. The maximum Gasteiger partial charge on any atom is 0.0622 e. The lowest BCUT2D eigenvalue weighted by molar-refractivity contribution is -0.00963. The quantitative estimate of drug-likeness (QED) is 0.668. The molecule has 3 aliphatic heterocycles. The second-order valence-corrected chi connectivity index (χ2v) is 5.71. The molecule has 3 rings (SSSR count). The zero-order chi connectivity index (χ0) is 11.0. The Morgan fingerprint density at radius 3 is 2.81 bits per heavy atom. The number of piperazine rings is 1. The van der Waals surface area contributed by atoms with Crippen LogP contribution in [0.1, 0.15) is 32.6 Å². The summed E-state index contributed by atoms with van der Waals surface area (Å²) in [5.41, 5.74) is 0. The molecule has 0 aromatic heterocycles. The van der Waals surface area contributed by atoms with Crippen molar-refractivity contribution in [3.8, 4) is 0 Å². The third kappa shape index (κ3) is 2.01. The van der Waals surface area contributed by atoms with Crippen molar-refractivity contribution in [2.45, 2.75) is 50.7 Å². The van der Waals surface area contributed by atoms with Gasteiger partial charge in [0.1, 0.15) is 0 Å². The molecule has 0 aliphatic carbocycles. The van der Waals surface area contributed by atoms with Gasteiger partial charge in [-0.2, -0.15) is 0 Å². The topological polar surface area (TPSA) is 15.7 Å². The lowest BCUT2D eigenvalue weighted by Gasteiger charge is -2.49. The van der Waals surface area contributed by atoms with Gasteiger partial charge < -0.3 is 4.74 Å². The number of ether oxygens (including phenoxy) is 1. The smallest absolute Gasteiger partial charge is 0.0622 e. The molecule has 0 aromatic rings. The summed E-state index contributed by atoms with van der Waals surface area (Å²) in [6.07, 6.45) is 5.51. The van der Waals surface area contributed by atoms with Crippen molar-refractivity contribution in [2.75, 3.05) is 32.8 Å². The molecule has 3 unspecified atom stereocenters. The molecule has 3 saturated heterocycles. The van der Waals surface area contributed by atoms with Gasteiger partial charge in [-0.1, -0.05) is 6.42 Å². The predicted molar refractivity (Wildman–Crippen MR) is 64.6 cm³/mol. The van der Waals surface area contributed by atoms with Gasteiger partial charge in [0, 0.05) is 37.8 Å². The van der Waals surface area contributed by atoms with Crippen molar-refractivity contribution >= 4 is 0 Å². The number of nitrogens with zero attached hydrogens (tertiary/aromatic N) is 2. The molecule has 0 N–H and O–H groups in total. The average Bonchev–Trinajstić information content (AvgIpc) is 2.81. The first-order valence-corrected chi connectivity index (χ1v) is 6.92. The van der Waals surface area contributed by atoms with E-state index in [4.69, 9.17) is 4.74 Å². The first-order valence-electron chi connectivity index (χ1n) is 6.92. The van der Waals surface area contributed by atoms with Crippen molar-refractivity contribution in [3.63, 3.8) is 0 Å². The Bertz CT molecular complexity index is 240. The number of rotatable bonds is 1. The minimum Gasteiger partial charge on any atom is -0.380 e. The molecule has 0 spiro atoms. The van der Waals surface area contributed by atoms with Crippen LogP contribution in [0.3, 0.4) is 0 Å². The van der Waals surface area contributed by atoms with Crippen molar-refractivity contribution in [3.05, 3.63) is 0 Å². The summed E-state index contributed by atoms with van der Waals surface area (Å²) in [7, 11) is 0. The zero-order valence-electron chi connectivity index (χ0n) is 10.4. The van der Waals surface area contributed by atoms with Crippen LogP contribution < -0.4 is 0 Å². The second-order valence-electron chi connectivity index (χ2n) is 5.71. The number of hydrogen-bond acceptors (Lipinski definition) is 3. The van der Waals surface area contributed by atoms with Gasteiger partial charge in [-0.15, -0.1) is 0 Å². The summed E-state index contributed by atoms with van der Waals surface area (Å²) < 4.78 is 5.54. The minimum absolute atomic E-state index is 0.707. The number of hydrogen-bond donors (Lipinski definition) is 0. The first kappa shape index (κ1) is 11.0. The largest absolute Gasteiger partial charge is 0.380 e. The van der Waals surface area contributed by atoms with Crippen LogP contribution in [0, 0.1) is 0 Å². The molecule has 0 bridgehead atoms. The van der Waals surface area contributed by atoms with E-state index in [9.17, 15) is 0 Å². The van der Waals surface area contributed by atoms with E-state index in [1.54, 1.807) is 0 Å². The van der Waals surface area contributed by atoms with E-state index in [1.165, 1.54) is 45.3 Å². The molecular formula is C13H24N2O. The van der Waals surface area contributed by atoms with Gasteiger partial charge in [0.15, 0.2) is 0 Å². The predicted octanol–water partition coefficient (Wildman–Crippen LogP) is 1.33. The Hall–Kier alpha value is -0.120. The van der Waals surface area contributed by atoms with E-state index in [2.05, 4.69) is 16.7 Å². The second kappa shape index (κ2) is 4.63. The Labute approximate surface area is 98.7 Å². The lowest BCUT2D eigenvalue weighted by atomic mass is 9.96. The minimum atomic E-state index is 0.707. The van der Waals surface area contributed by atoms with E-state index >= 15 is 0 Å². The highest BCUT2D eigenvalue weighted by molar-refractivity contribution is 4.92. The zero-order valence-corrected chi connectivity index (χ0v) is 10.4. The standard InChI is InChI=1S/C13H24N2O/c1-11-8-14-6-3-2-4-12(14)9-15(11)13-5-7-16-10-13/h11-13H,2-10H2,1H3. The van der Waals surface area contributed by atoms with E-state index in [-0.39, 0.29) is 0 Å². The third-order valence-electron chi connectivity index (χ3n) is 4.61. The van der Waals surface area contributed by atoms with Crippen LogP contribution in [0.5, 0.6) is 0 Å². The van der Waals surface area contributed by atoms with Crippen molar-refractivity contribution in [1.82, 2.24) is 9.80 Å². The van der Waals surface area contributed by atoms with Crippen molar-refractivity contribution in [2.24, 2.45) is 0 Å². The molecular weight excluding hydrogens is 200 g/mol. The van der Waals surface area contributed by atoms with E-state index < -0.39 is 0 Å². The molecule has 92 valence electrons. The summed E-state index contributed by atoms with van der Waals surface area (Å²) in [5, 5.41) is 0. The molecule has 3 aliphatic rings. The van der Waals surface area contributed by atoms with Crippen molar-refractivity contribution in [1.29, 1.82) is 0 Å². The summed E-state index contributed by atoms with van der Waals surface area (Å²) in [6, 6.07) is 2.27. The van der Waals surface area contributed by atoms with Crippen LogP contribution >= 0.6 is 0 Å². The summed E-state index contributed by atoms with van der Waals surface area (Å²) in [6.45, 7) is 8.24. The molecule has 3 atom stereocenters. The first-order chi connectivity index (χ1) is 7.84. The maximum absolute atomic E-state index is 5.54. The van der Waals surface area contributed by atoms with Crippen LogP contribution in [0.15, 0.2) is 0 Å². The Morgan fingerprint density at radius 1 is 1.06 bits per heavy atom. The Kier molecular flexibility index (Phi) is 3.18. The van der Waals surface area contributed by atoms with E-state index in [1.807, 2.05) is 0 Å². The highest BCUT2D eigenvalue weighted by Crippen LogP contribution is 2.27. The van der Waals surface area contributed by atoms with Crippen LogP contribution in [-0.2, 0) is 4.74 Å². The van der Waals surface area contributed by atoms with Gasteiger partial charge in [-0.25, -0.2) is 0 Å². The summed E-state index contributed by atoms with van der Waals surface area (Å²) in [4.78, 5) is 5.44. The molecule has 3 heterocycles. The number of piperidine rings is 1. The van der Waals surface area contributed by atoms with Gasteiger partial charge in [0.25, 0.3) is 0 Å². The summed E-state index contributed by atoms with van der Waals surface area (Å²) >= 11 is 0. The maximum atomic E-state index is 5.54. The van der Waals surface area contributed by atoms with Gasteiger partial charge >= 0.3 is 0 Å². The molecule has 16 heavy (non-hydrogen) atoms. The fourth-order valence-corrected chi connectivity index (χ4v) is 3.67. The van der Waals surface area contributed by atoms with Gasteiger partial charge in [0.05, 0.1) is 6.61 Å². The van der Waals surface area contributed by atoms with Gasteiger partial charge in [-0.3, -0.25) is 9.80 Å². The molecule has 0 radical (unpaired) electrons. The Balaban J connectivity index is 1.66. The molecule has 3 nitrogen and oxygen atoms in total. The van der Waals surface area contributed by atoms with Crippen LogP contribution in [-0.4, -0.2) is 60.8 Å². The molecule has 3 fully saturated rings. The summed E-state index contributed by atoms with van der Waals surface area (Å²) in [5.74, 6) is 0. The van der Waals surface area contributed by atoms with Crippen LogP contribution in [0.25, 0.3) is 0 Å². The molecule has 0 saturated carbocycles. The fourth-order valence-electron chi connectivity index (χ4n) is 3.67. The normalized spacial score (nSPS) is 42.2. The fraction of sp³-hybridized carbons (Fsp3) is 1.00. The van der Waals surface area contributed by atoms with Gasteiger partial charge in [0.2, 0.25) is 0 Å². The highest BCUT2D eigenvalue weighted by atomic mass is 16.5. The average molecular weight is 224 g/mol. The third-order valence-corrected chi connectivity index (χ3v) is 4.61. The monoisotopic (exact) mass is 224 g/mol. The lowest BCUT2D eigenvalue weighted by Crippen LogP contribution is -2.61. The van der Waals surface area contributed by atoms with Crippen molar-refractivity contribution < 1.29 is 4.74 Å².